The Morgan fingerprint density at radius 3 is 2.38 bits per heavy atom. The van der Waals surface area contributed by atoms with Gasteiger partial charge >= 0.3 is 0 Å². The lowest BCUT2D eigenvalue weighted by atomic mass is 9.98. The quantitative estimate of drug-likeness (QED) is 0.119. The molecule has 1 atom stereocenters. The second-order valence-corrected chi connectivity index (χ2v) is 15.4. The van der Waals surface area contributed by atoms with E-state index in [0.29, 0.717) is 55.3 Å². The summed E-state index contributed by atoms with van der Waals surface area (Å²) < 4.78 is 58.8. The molecule has 1 saturated heterocycles. The van der Waals surface area contributed by atoms with Gasteiger partial charge in [0.15, 0.2) is 0 Å². The van der Waals surface area contributed by atoms with E-state index in [-0.39, 0.29) is 28.8 Å². The molecule has 2 aromatic carbocycles. The zero-order valence-electron chi connectivity index (χ0n) is 26.0. The van der Waals surface area contributed by atoms with Crippen LogP contribution >= 0.6 is 0 Å². The van der Waals surface area contributed by atoms with Gasteiger partial charge in [0.05, 0.1) is 22.9 Å². The average Bonchev–Trinajstić information content (AvgIpc) is 3.48. The van der Waals surface area contributed by atoms with Crippen LogP contribution in [0.1, 0.15) is 75.8 Å². The molecule has 0 bridgehead atoms. The number of piperidine rings is 1. The Morgan fingerprint density at radius 2 is 1.69 bits per heavy atom. The number of aromatic hydroxyl groups is 1. The second-order valence-electron chi connectivity index (χ2n) is 11.7. The molecule has 1 fully saturated rings. The third-order valence-electron chi connectivity index (χ3n) is 8.01. The van der Waals surface area contributed by atoms with Gasteiger partial charge < -0.3 is 20.1 Å². The van der Waals surface area contributed by atoms with E-state index in [1.165, 1.54) is 48.2 Å². The molecule has 4 rings (SSSR count). The fraction of sp³-hybridized carbons (Fsp3) is 0.548. The molecular weight excluding hydrogens is 619 g/mol. The minimum absolute atomic E-state index is 0.0000215. The maximum absolute atomic E-state index is 13.3. The third-order valence-corrected chi connectivity index (χ3v) is 10.5. The van der Waals surface area contributed by atoms with Gasteiger partial charge in [-0.2, -0.15) is 9.29 Å². The number of aliphatic hydroxyl groups excluding tert-OH is 1. The van der Waals surface area contributed by atoms with E-state index < -0.39 is 26.2 Å². The van der Waals surface area contributed by atoms with Gasteiger partial charge in [-0.25, -0.2) is 16.8 Å². The van der Waals surface area contributed by atoms with Crippen molar-refractivity contribution in [3.8, 4) is 17.1 Å². The van der Waals surface area contributed by atoms with E-state index in [4.69, 9.17) is 4.52 Å². The largest absolute Gasteiger partial charge is 0.506 e. The number of anilines is 1. The van der Waals surface area contributed by atoms with Crippen molar-refractivity contribution in [3.05, 3.63) is 53.9 Å². The highest BCUT2D eigenvalue weighted by molar-refractivity contribution is 7.92. The van der Waals surface area contributed by atoms with Gasteiger partial charge in [0.2, 0.25) is 31.8 Å². The molecule has 0 amide bonds. The SMILES string of the molecule is CCCCCCCCc1nc(-c2ccc(S(=O)(=O)N3CCC(CNC[C@H](O)c4ccc(O)c(NS(C)(=O)=O)c4)CC3)cc2)no1. The number of phenolic OH excluding ortho intramolecular Hbond substituents is 1. The van der Waals surface area contributed by atoms with Crippen LogP contribution in [0.25, 0.3) is 11.4 Å². The van der Waals surface area contributed by atoms with Crippen LogP contribution in [0.4, 0.5) is 5.69 Å². The zero-order chi connectivity index (χ0) is 32.5. The smallest absolute Gasteiger partial charge is 0.243 e. The molecule has 0 saturated carbocycles. The predicted molar refractivity (Wildman–Crippen MR) is 173 cm³/mol. The number of nitrogens with one attached hydrogen (secondary N) is 2. The summed E-state index contributed by atoms with van der Waals surface area (Å²) in [4.78, 5) is 4.71. The van der Waals surface area contributed by atoms with Crippen molar-refractivity contribution in [2.45, 2.75) is 75.7 Å². The molecule has 2 heterocycles. The van der Waals surface area contributed by atoms with Gasteiger partial charge in [-0.1, -0.05) is 50.3 Å². The zero-order valence-corrected chi connectivity index (χ0v) is 27.6. The summed E-state index contributed by atoms with van der Waals surface area (Å²) in [7, 11) is -7.24. The van der Waals surface area contributed by atoms with Crippen LogP contribution in [-0.2, 0) is 26.5 Å². The number of aryl methyl sites for hydroxylation is 1. The summed E-state index contributed by atoms with van der Waals surface area (Å²) in [6.45, 7) is 3.80. The summed E-state index contributed by atoms with van der Waals surface area (Å²) in [6, 6.07) is 10.9. The number of sulfonamides is 2. The number of benzene rings is 2. The molecule has 0 aliphatic carbocycles. The van der Waals surface area contributed by atoms with Crippen LogP contribution in [0.15, 0.2) is 51.9 Å². The monoisotopic (exact) mass is 663 g/mol. The van der Waals surface area contributed by atoms with Crippen molar-refractivity contribution in [2.75, 3.05) is 37.2 Å². The number of unbranched alkanes of at least 4 members (excludes halogenated alkanes) is 5. The Hall–Kier alpha value is -3.04. The summed E-state index contributed by atoms with van der Waals surface area (Å²) in [5, 5.41) is 27.8. The first-order chi connectivity index (χ1) is 21.5. The Kier molecular flexibility index (Phi) is 12.4. The molecule has 3 aromatic rings. The van der Waals surface area contributed by atoms with Crippen LogP contribution in [0, 0.1) is 5.92 Å². The fourth-order valence-corrected chi connectivity index (χ4v) is 7.43. The van der Waals surface area contributed by atoms with Crippen molar-refractivity contribution in [3.63, 3.8) is 0 Å². The molecule has 0 radical (unpaired) electrons. The van der Waals surface area contributed by atoms with Gasteiger partial charge in [0.1, 0.15) is 5.75 Å². The highest BCUT2D eigenvalue weighted by atomic mass is 32.2. The topological polar surface area (TPSA) is 175 Å². The molecule has 1 aliphatic rings. The molecular formula is C31H45N5O7S2. The summed E-state index contributed by atoms with van der Waals surface area (Å²) in [5.74, 6) is 1.05. The lowest BCUT2D eigenvalue weighted by molar-refractivity contribution is 0.169. The van der Waals surface area contributed by atoms with Gasteiger partial charge in [-0.05, 0) is 73.7 Å². The van der Waals surface area contributed by atoms with E-state index in [9.17, 15) is 27.0 Å². The third kappa shape index (κ3) is 10.2. The van der Waals surface area contributed by atoms with Crippen molar-refractivity contribution >= 4 is 25.7 Å². The van der Waals surface area contributed by atoms with Crippen LogP contribution in [0.2, 0.25) is 0 Å². The van der Waals surface area contributed by atoms with E-state index in [1.54, 1.807) is 24.3 Å². The minimum Gasteiger partial charge on any atom is -0.506 e. The molecule has 0 spiro atoms. The Bertz CT molecular complexity index is 1590. The lowest BCUT2D eigenvalue weighted by Crippen LogP contribution is -2.41. The highest BCUT2D eigenvalue weighted by Crippen LogP contribution is 2.29. The normalized spacial score (nSPS) is 15.7. The van der Waals surface area contributed by atoms with Crippen LogP contribution in [0.3, 0.4) is 0 Å². The number of nitrogens with zero attached hydrogens (tertiary/aromatic N) is 3. The second kappa shape index (κ2) is 16.0. The molecule has 1 aliphatic heterocycles. The molecule has 248 valence electrons. The fourth-order valence-electron chi connectivity index (χ4n) is 5.39. The molecule has 14 heteroatoms. The van der Waals surface area contributed by atoms with Gasteiger partial charge in [0.25, 0.3) is 0 Å². The van der Waals surface area contributed by atoms with E-state index in [1.807, 2.05) is 0 Å². The van der Waals surface area contributed by atoms with Crippen LogP contribution in [-0.4, -0.2) is 73.9 Å². The number of aromatic nitrogens is 2. The number of aliphatic hydroxyl groups is 1. The number of rotatable bonds is 17. The average molecular weight is 664 g/mol. The first-order valence-electron chi connectivity index (χ1n) is 15.6. The van der Waals surface area contributed by atoms with Gasteiger partial charge in [-0.3, -0.25) is 4.72 Å². The van der Waals surface area contributed by atoms with Crippen molar-refractivity contribution in [1.82, 2.24) is 19.8 Å². The maximum atomic E-state index is 13.3. The van der Waals surface area contributed by atoms with E-state index in [2.05, 4.69) is 27.1 Å². The van der Waals surface area contributed by atoms with Crippen LogP contribution in [0.5, 0.6) is 5.75 Å². The van der Waals surface area contributed by atoms with Crippen molar-refractivity contribution in [1.29, 1.82) is 0 Å². The molecule has 45 heavy (non-hydrogen) atoms. The Balaban J connectivity index is 1.22. The van der Waals surface area contributed by atoms with E-state index >= 15 is 0 Å². The highest BCUT2D eigenvalue weighted by Gasteiger charge is 2.29. The summed E-state index contributed by atoms with van der Waals surface area (Å²) >= 11 is 0. The predicted octanol–water partition coefficient (Wildman–Crippen LogP) is 4.44. The summed E-state index contributed by atoms with van der Waals surface area (Å²) in [6.07, 6.45) is 9.23. The first kappa shape index (κ1) is 34.8. The number of phenols is 1. The molecule has 4 N–H and O–H groups in total. The first-order valence-corrected chi connectivity index (χ1v) is 18.9. The lowest BCUT2D eigenvalue weighted by Gasteiger charge is -2.31. The Labute approximate surface area is 266 Å². The molecule has 12 nitrogen and oxygen atoms in total. The van der Waals surface area contributed by atoms with E-state index in [0.717, 1.165) is 25.5 Å². The Morgan fingerprint density at radius 1 is 1.00 bits per heavy atom. The van der Waals surface area contributed by atoms with Gasteiger partial charge in [0, 0.05) is 31.6 Å². The summed E-state index contributed by atoms with van der Waals surface area (Å²) in [5.41, 5.74) is 1.15. The van der Waals surface area contributed by atoms with Crippen LogP contribution < -0.4 is 10.0 Å². The van der Waals surface area contributed by atoms with Crippen molar-refractivity contribution in [2.24, 2.45) is 5.92 Å². The number of hydrogen-bond donors (Lipinski definition) is 4. The minimum atomic E-state index is -3.65. The van der Waals surface area contributed by atoms with Crippen molar-refractivity contribution < 1.29 is 31.6 Å². The number of hydrogen-bond acceptors (Lipinski definition) is 10. The van der Waals surface area contributed by atoms with Gasteiger partial charge in [-0.15, -0.1) is 0 Å². The maximum Gasteiger partial charge on any atom is 0.243 e. The molecule has 1 aromatic heterocycles. The molecule has 0 unspecified atom stereocenters. The standard InChI is InChI=1S/C31H45N5O7S2/c1-3-4-5-6-7-8-9-30-33-31(34-43-30)24-10-13-26(14-11-24)45(41,42)36-18-16-23(17-19-36)21-32-22-29(38)25-12-15-28(37)27(20-25)35-44(2,39)40/h10-15,20,23,29,32,35,37-38H,3-9,16-19,21-22H2,1-2H3/t29-/m0/s1.